The maximum absolute atomic E-state index is 12.0. The van der Waals surface area contributed by atoms with Gasteiger partial charge in [0, 0.05) is 6.07 Å². The molecule has 1 atom stereocenters. The SMILES string of the molecule is C[C@@]1(NC(=O)Nc2ccc([N+](=O)[O-])cc2[N+](=O)[O-])CCS(=O)(=O)C1. The number of benzene rings is 1. The van der Waals surface area contributed by atoms with E-state index in [0.717, 1.165) is 18.2 Å². The van der Waals surface area contributed by atoms with Crippen LogP contribution in [0.1, 0.15) is 13.3 Å². The van der Waals surface area contributed by atoms with Crippen molar-refractivity contribution in [3.05, 3.63) is 38.4 Å². The zero-order valence-electron chi connectivity index (χ0n) is 12.5. The van der Waals surface area contributed by atoms with E-state index in [4.69, 9.17) is 0 Å². The van der Waals surface area contributed by atoms with Gasteiger partial charge in [0.05, 0.1) is 33.0 Å². The molecule has 1 heterocycles. The molecule has 0 bridgehead atoms. The van der Waals surface area contributed by atoms with Crippen molar-refractivity contribution in [1.82, 2.24) is 5.32 Å². The smallest absolute Gasteiger partial charge is 0.319 e. The summed E-state index contributed by atoms with van der Waals surface area (Å²) in [5.41, 5.74) is -2.32. The first-order chi connectivity index (χ1) is 11.0. The summed E-state index contributed by atoms with van der Waals surface area (Å²) in [4.78, 5) is 32.0. The van der Waals surface area contributed by atoms with E-state index in [1.807, 2.05) is 0 Å². The normalized spacial score (nSPS) is 21.9. The molecule has 24 heavy (non-hydrogen) atoms. The van der Waals surface area contributed by atoms with Crippen LogP contribution < -0.4 is 10.6 Å². The number of urea groups is 1. The first-order valence-corrected chi connectivity index (χ1v) is 8.56. The number of sulfone groups is 1. The molecule has 0 spiro atoms. The Bertz CT molecular complexity index is 823. The number of nitro benzene ring substituents is 2. The number of amides is 2. The van der Waals surface area contributed by atoms with Gasteiger partial charge < -0.3 is 10.6 Å². The topological polar surface area (TPSA) is 162 Å². The van der Waals surface area contributed by atoms with Crippen molar-refractivity contribution in [2.24, 2.45) is 0 Å². The molecule has 130 valence electrons. The fourth-order valence-electron chi connectivity index (χ4n) is 2.43. The number of nitro groups is 2. The Labute approximate surface area is 136 Å². The zero-order chi connectivity index (χ0) is 18.1. The number of nitrogens with one attached hydrogen (secondary N) is 2. The highest BCUT2D eigenvalue weighted by atomic mass is 32.2. The maximum Gasteiger partial charge on any atom is 0.319 e. The van der Waals surface area contributed by atoms with Crippen LogP contribution in [-0.2, 0) is 9.84 Å². The standard InChI is InChI=1S/C12H14N4O7S/c1-12(4-5-24(22,23)7-12)14-11(17)13-9-3-2-8(15(18)19)6-10(9)16(20)21/h2-3,6H,4-5,7H2,1H3,(H2,13,14,17)/t12-/m1/s1. The molecular formula is C12H14N4O7S. The number of carbonyl (C=O) groups is 1. The van der Waals surface area contributed by atoms with E-state index >= 15 is 0 Å². The van der Waals surface area contributed by atoms with Crippen molar-refractivity contribution < 1.29 is 23.1 Å². The lowest BCUT2D eigenvalue weighted by molar-refractivity contribution is -0.393. The van der Waals surface area contributed by atoms with Gasteiger partial charge in [-0.15, -0.1) is 0 Å². The highest BCUT2D eigenvalue weighted by molar-refractivity contribution is 7.91. The van der Waals surface area contributed by atoms with Crippen molar-refractivity contribution in [3.8, 4) is 0 Å². The lowest BCUT2D eigenvalue weighted by atomic mass is 10.0. The number of nitrogens with zero attached hydrogens (tertiary/aromatic N) is 2. The van der Waals surface area contributed by atoms with Crippen LogP contribution in [0.3, 0.4) is 0 Å². The summed E-state index contributed by atoms with van der Waals surface area (Å²) < 4.78 is 23.0. The van der Waals surface area contributed by atoms with E-state index in [9.17, 15) is 33.4 Å². The van der Waals surface area contributed by atoms with Gasteiger partial charge >= 0.3 is 6.03 Å². The lowest BCUT2D eigenvalue weighted by Gasteiger charge is -2.23. The first-order valence-electron chi connectivity index (χ1n) is 6.74. The van der Waals surface area contributed by atoms with Crippen molar-refractivity contribution in [2.75, 3.05) is 16.8 Å². The van der Waals surface area contributed by atoms with E-state index in [2.05, 4.69) is 10.6 Å². The predicted octanol–water partition coefficient (Wildman–Crippen LogP) is 1.20. The van der Waals surface area contributed by atoms with Crippen molar-refractivity contribution >= 4 is 32.9 Å². The van der Waals surface area contributed by atoms with Crippen LogP contribution >= 0.6 is 0 Å². The molecule has 11 nitrogen and oxygen atoms in total. The fourth-order valence-corrected chi connectivity index (χ4v) is 4.52. The van der Waals surface area contributed by atoms with E-state index in [1.54, 1.807) is 6.92 Å². The summed E-state index contributed by atoms with van der Waals surface area (Å²) in [6.07, 6.45) is 0.227. The molecule has 0 saturated carbocycles. The monoisotopic (exact) mass is 358 g/mol. The third kappa shape index (κ3) is 3.95. The van der Waals surface area contributed by atoms with Crippen LogP contribution in [0.25, 0.3) is 0 Å². The Morgan fingerprint density at radius 3 is 2.42 bits per heavy atom. The zero-order valence-corrected chi connectivity index (χ0v) is 13.3. The summed E-state index contributed by atoms with van der Waals surface area (Å²) in [6, 6.07) is 1.97. The van der Waals surface area contributed by atoms with Gasteiger partial charge in [-0.25, -0.2) is 13.2 Å². The van der Waals surface area contributed by atoms with Gasteiger partial charge in [-0.05, 0) is 19.4 Å². The van der Waals surface area contributed by atoms with E-state index < -0.39 is 42.6 Å². The first kappa shape index (κ1) is 17.6. The minimum atomic E-state index is -3.23. The minimum Gasteiger partial charge on any atom is -0.332 e. The molecule has 0 aromatic heterocycles. The molecule has 1 fully saturated rings. The van der Waals surface area contributed by atoms with Gasteiger partial charge in [0.1, 0.15) is 5.69 Å². The fraction of sp³-hybridized carbons (Fsp3) is 0.417. The molecule has 0 radical (unpaired) electrons. The van der Waals surface area contributed by atoms with E-state index in [1.165, 1.54) is 0 Å². The Kier molecular flexibility index (Phi) is 4.42. The quantitative estimate of drug-likeness (QED) is 0.603. The third-order valence-electron chi connectivity index (χ3n) is 3.56. The average molecular weight is 358 g/mol. The summed E-state index contributed by atoms with van der Waals surface area (Å²) >= 11 is 0. The van der Waals surface area contributed by atoms with Gasteiger partial charge in [-0.2, -0.15) is 0 Å². The molecule has 2 amide bonds. The largest absolute Gasteiger partial charge is 0.332 e. The van der Waals surface area contributed by atoms with Crippen LogP contribution in [0.2, 0.25) is 0 Å². The van der Waals surface area contributed by atoms with Gasteiger partial charge in [0.2, 0.25) is 0 Å². The van der Waals surface area contributed by atoms with Crippen LogP contribution in [0.15, 0.2) is 18.2 Å². The average Bonchev–Trinajstić information content (AvgIpc) is 2.71. The van der Waals surface area contributed by atoms with Crippen LogP contribution in [0, 0.1) is 20.2 Å². The van der Waals surface area contributed by atoms with Crippen LogP contribution in [0.5, 0.6) is 0 Å². The van der Waals surface area contributed by atoms with Crippen molar-refractivity contribution in [3.63, 3.8) is 0 Å². The molecule has 2 N–H and O–H groups in total. The van der Waals surface area contributed by atoms with Gasteiger partial charge in [-0.1, -0.05) is 0 Å². The number of hydrogen-bond acceptors (Lipinski definition) is 7. The third-order valence-corrected chi connectivity index (χ3v) is 5.46. The second kappa shape index (κ2) is 6.03. The Morgan fingerprint density at radius 2 is 1.92 bits per heavy atom. The minimum absolute atomic E-state index is 0.0541. The number of non-ortho nitro benzene ring substituents is 1. The summed E-state index contributed by atoms with van der Waals surface area (Å²) in [6.45, 7) is 1.56. The number of carbonyl (C=O) groups excluding carboxylic acids is 1. The molecule has 1 aliphatic rings. The number of rotatable bonds is 4. The lowest BCUT2D eigenvalue weighted by Crippen LogP contribution is -2.48. The highest BCUT2D eigenvalue weighted by Crippen LogP contribution is 2.29. The van der Waals surface area contributed by atoms with Crippen LogP contribution in [0.4, 0.5) is 21.9 Å². The summed E-state index contributed by atoms with van der Waals surface area (Å²) in [5.74, 6) is -0.281. The predicted molar refractivity (Wildman–Crippen MR) is 83.6 cm³/mol. The Morgan fingerprint density at radius 1 is 1.25 bits per heavy atom. The summed E-state index contributed by atoms with van der Waals surface area (Å²) in [5, 5.41) is 26.4. The molecule has 12 heteroatoms. The second-order valence-corrected chi connectivity index (χ2v) is 7.88. The van der Waals surface area contributed by atoms with E-state index in [-0.39, 0.29) is 23.6 Å². The van der Waals surface area contributed by atoms with Crippen molar-refractivity contribution in [1.29, 1.82) is 0 Å². The van der Waals surface area contributed by atoms with Crippen molar-refractivity contribution in [2.45, 2.75) is 18.9 Å². The van der Waals surface area contributed by atoms with Gasteiger partial charge in [-0.3, -0.25) is 20.2 Å². The number of hydrogen-bond donors (Lipinski definition) is 2. The molecule has 1 aromatic rings. The molecule has 0 aliphatic carbocycles. The summed E-state index contributed by atoms with van der Waals surface area (Å²) in [7, 11) is -3.23. The molecule has 1 saturated heterocycles. The molecule has 1 aromatic carbocycles. The van der Waals surface area contributed by atoms with Crippen LogP contribution in [-0.4, -0.2) is 41.3 Å². The Hall–Kier alpha value is -2.76. The van der Waals surface area contributed by atoms with E-state index in [0.29, 0.717) is 0 Å². The number of anilines is 1. The highest BCUT2D eigenvalue weighted by Gasteiger charge is 2.39. The molecule has 2 rings (SSSR count). The second-order valence-electron chi connectivity index (χ2n) is 5.70. The molecule has 0 unspecified atom stereocenters. The maximum atomic E-state index is 12.0. The molecule has 1 aliphatic heterocycles. The molecular weight excluding hydrogens is 344 g/mol. The van der Waals surface area contributed by atoms with Gasteiger partial charge in [0.25, 0.3) is 11.4 Å². The van der Waals surface area contributed by atoms with Gasteiger partial charge in [0.15, 0.2) is 9.84 Å². The Balaban J connectivity index is 2.17.